The van der Waals surface area contributed by atoms with Crippen molar-refractivity contribution in [3.63, 3.8) is 0 Å². The summed E-state index contributed by atoms with van der Waals surface area (Å²) in [6, 6.07) is 4.40. The van der Waals surface area contributed by atoms with Crippen molar-refractivity contribution in [3.8, 4) is 0 Å². The normalized spacial score (nSPS) is 13.3. The highest BCUT2D eigenvalue weighted by Gasteiger charge is 2.15. The molecule has 0 aliphatic rings. The van der Waals surface area contributed by atoms with Crippen molar-refractivity contribution in [1.82, 2.24) is 0 Å². The molecule has 1 aromatic carbocycles. The van der Waals surface area contributed by atoms with Gasteiger partial charge in [-0.1, -0.05) is 13.3 Å². The molecule has 6 N–H and O–H groups in total. The number of sulfonamides is 1. The summed E-state index contributed by atoms with van der Waals surface area (Å²) in [6.45, 7) is 2.22. The zero-order valence-electron chi connectivity index (χ0n) is 10.3. The number of nitrogen functional groups attached to an aromatic ring is 1. The lowest BCUT2D eigenvalue weighted by Crippen LogP contribution is -2.21. The van der Waals surface area contributed by atoms with E-state index in [-0.39, 0.29) is 11.4 Å². The molecule has 1 rings (SSSR count). The highest BCUT2D eigenvalue weighted by molar-refractivity contribution is 7.89. The van der Waals surface area contributed by atoms with Crippen LogP contribution in [0.2, 0.25) is 0 Å². The quantitative estimate of drug-likeness (QED) is 0.562. The summed E-state index contributed by atoms with van der Waals surface area (Å²) >= 11 is 0. The van der Waals surface area contributed by atoms with Gasteiger partial charge in [0.05, 0.1) is 11.8 Å². The van der Waals surface area contributed by atoms with Gasteiger partial charge in [-0.25, -0.2) is 13.6 Å². The van der Waals surface area contributed by atoms with Crippen molar-refractivity contribution >= 4 is 21.4 Å². The standard InChI is InChI=1S/C11H19N3O3S/c1-2-3-9(15)7-14-10-5-4-8(12)6-11(10)18(13,16)17/h4-6,9,14-15H,2-3,7,12H2,1H3,(H2,13,16,17). The number of aliphatic hydroxyl groups excluding tert-OH is 1. The summed E-state index contributed by atoms with van der Waals surface area (Å²) in [5.74, 6) is 0. The molecule has 1 unspecified atom stereocenters. The van der Waals surface area contributed by atoms with E-state index in [1.807, 2.05) is 6.92 Å². The molecule has 0 aromatic heterocycles. The van der Waals surface area contributed by atoms with Crippen molar-refractivity contribution in [2.24, 2.45) is 5.14 Å². The molecule has 0 bridgehead atoms. The van der Waals surface area contributed by atoms with Gasteiger partial charge in [-0.05, 0) is 24.6 Å². The van der Waals surface area contributed by atoms with Crippen molar-refractivity contribution in [3.05, 3.63) is 18.2 Å². The number of nitrogens with one attached hydrogen (secondary N) is 1. The summed E-state index contributed by atoms with van der Waals surface area (Å²) in [5, 5.41) is 17.6. The largest absolute Gasteiger partial charge is 0.399 e. The van der Waals surface area contributed by atoms with E-state index in [4.69, 9.17) is 10.9 Å². The predicted molar refractivity (Wildman–Crippen MR) is 71.6 cm³/mol. The summed E-state index contributed by atoms with van der Waals surface area (Å²) in [7, 11) is -3.84. The molecule has 0 saturated heterocycles. The van der Waals surface area contributed by atoms with Gasteiger partial charge in [-0.15, -0.1) is 0 Å². The maximum Gasteiger partial charge on any atom is 0.240 e. The first-order valence-electron chi connectivity index (χ1n) is 5.69. The lowest BCUT2D eigenvalue weighted by Gasteiger charge is -2.14. The van der Waals surface area contributed by atoms with Crippen LogP contribution in [0.1, 0.15) is 19.8 Å². The molecule has 7 heteroatoms. The van der Waals surface area contributed by atoms with Gasteiger partial charge in [0.15, 0.2) is 0 Å². The Morgan fingerprint density at radius 3 is 2.67 bits per heavy atom. The van der Waals surface area contributed by atoms with Gasteiger partial charge in [0.2, 0.25) is 10.0 Å². The smallest absolute Gasteiger partial charge is 0.240 e. The SMILES string of the molecule is CCCC(O)CNc1ccc(N)cc1S(N)(=O)=O. The number of nitrogens with two attached hydrogens (primary N) is 2. The lowest BCUT2D eigenvalue weighted by atomic mass is 10.2. The maximum absolute atomic E-state index is 11.4. The van der Waals surface area contributed by atoms with Crippen LogP contribution in [0, 0.1) is 0 Å². The van der Waals surface area contributed by atoms with E-state index in [1.165, 1.54) is 12.1 Å². The Kier molecular flexibility index (Phi) is 4.94. The molecule has 18 heavy (non-hydrogen) atoms. The molecular formula is C11H19N3O3S. The van der Waals surface area contributed by atoms with Gasteiger partial charge in [0.1, 0.15) is 4.90 Å². The molecule has 0 aliphatic heterocycles. The number of hydrogen-bond donors (Lipinski definition) is 4. The number of benzene rings is 1. The summed E-state index contributed by atoms with van der Waals surface area (Å²) in [5.41, 5.74) is 6.20. The third-order valence-corrected chi connectivity index (χ3v) is 3.41. The van der Waals surface area contributed by atoms with Crippen LogP contribution >= 0.6 is 0 Å². The third-order valence-electron chi connectivity index (χ3n) is 2.46. The number of primary sulfonamides is 1. The molecular weight excluding hydrogens is 254 g/mol. The van der Waals surface area contributed by atoms with Crippen LogP contribution in [0.5, 0.6) is 0 Å². The van der Waals surface area contributed by atoms with E-state index in [9.17, 15) is 13.5 Å². The topological polar surface area (TPSA) is 118 Å². The zero-order chi connectivity index (χ0) is 13.8. The first-order chi connectivity index (χ1) is 8.34. The van der Waals surface area contributed by atoms with Gasteiger partial charge in [0.25, 0.3) is 0 Å². The minimum absolute atomic E-state index is 0.0637. The Hall–Kier alpha value is -1.31. The first-order valence-corrected chi connectivity index (χ1v) is 7.23. The molecule has 0 saturated carbocycles. The van der Waals surface area contributed by atoms with Crippen molar-refractivity contribution in [1.29, 1.82) is 0 Å². The number of rotatable bonds is 6. The molecule has 0 heterocycles. The van der Waals surface area contributed by atoms with Crippen LogP contribution in [-0.4, -0.2) is 26.2 Å². The summed E-state index contributed by atoms with van der Waals surface area (Å²) < 4.78 is 22.8. The van der Waals surface area contributed by atoms with E-state index in [0.29, 0.717) is 17.8 Å². The lowest BCUT2D eigenvalue weighted by molar-refractivity contribution is 0.176. The highest BCUT2D eigenvalue weighted by atomic mass is 32.2. The van der Waals surface area contributed by atoms with E-state index in [1.54, 1.807) is 6.07 Å². The van der Waals surface area contributed by atoms with Gasteiger partial charge < -0.3 is 16.2 Å². The molecule has 1 aromatic rings. The molecule has 1 atom stereocenters. The first kappa shape index (κ1) is 14.7. The van der Waals surface area contributed by atoms with Gasteiger partial charge >= 0.3 is 0 Å². The Morgan fingerprint density at radius 2 is 2.11 bits per heavy atom. The molecule has 6 nitrogen and oxygen atoms in total. The summed E-state index contributed by atoms with van der Waals surface area (Å²) in [4.78, 5) is -0.0637. The van der Waals surface area contributed by atoms with Crippen molar-refractivity contribution in [2.45, 2.75) is 30.8 Å². The van der Waals surface area contributed by atoms with Crippen LogP contribution < -0.4 is 16.2 Å². The highest BCUT2D eigenvalue weighted by Crippen LogP contribution is 2.22. The van der Waals surface area contributed by atoms with E-state index < -0.39 is 16.1 Å². The molecule has 0 fully saturated rings. The second-order valence-corrected chi connectivity index (χ2v) is 5.65. The van der Waals surface area contributed by atoms with Crippen LogP contribution in [0.25, 0.3) is 0 Å². The van der Waals surface area contributed by atoms with Crippen LogP contribution in [-0.2, 0) is 10.0 Å². The number of aliphatic hydroxyl groups is 1. The molecule has 0 amide bonds. The van der Waals surface area contributed by atoms with Gasteiger partial charge in [-0.3, -0.25) is 0 Å². The van der Waals surface area contributed by atoms with E-state index in [0.717, 1.165) is 6.42 Å². The fourth-order valence-electron chi connectivity index (χ4n) is 1.58. The van der Waals surface area contributed by atoms with Gasteiger partial charge in [-0.2, -0.15) is 0 Å². The maximum atomic E-state index is 11.4. The zero-order valence-corrected chi connectivity index (χ0v) is 11.1. The van der Waals surface area contributed by atoms with Gasteiger partial charge in [0, 0.05) is 12.2 Å². The van der Waals surface area contributed by atoms with E-state index in [2.05, 4.69) is 5.32 Å². The number of anilines is 2. The van der Waals surface area contributed by atoms with Crippen LogP contribution in [0.4, 0.5) is 11.4 Å². The number of hydrogen-bond acceptors (Lipinski definition) is 5. The molecule has 102 valence electrons. The van der Waals surface area contributed by atoms with Crippen molar-refractivity contribution < 1.29 is 13.5 Å². The Labute approximate surface area is 107 Å². The predicted octanol–water partition coefficient (Wildman–Crippen LogP) is 0.489. The Balaban J connectivity index is 2.89. The van der Waals surface area contributed by atoms with Crippen molar-refractivity contribution in [2.75, 3.05) is 17.6 Å². The fourth-order valence-corrected chi connectivity index (χ4v) is 2.33. The summed E-state index contributed by atoms with van der Waals surface area (Å²) in [6.07, 6.45) is 0.972. The third kappa shape index (κ3) is 4.17. The molecule has 0 aliphatic carbocycles. The van der Waals surface area contributed by atoms with Crippen LogP contribution in [0.3, 0.4) is 0 Å². The molecule has 0 spiro atoms. The second kappa shape index (κ2) is 6.03. The minimum atomic E-state index is -3.84. The second-order valence-electron chi connectivity index (χ2n) is 4.12. The average molecular weight is 273 g/mol. The van der Waals surface area contributed by atoms with Crippen LogP contribution in [0.15, 0.2) is 23.1 Å². The Morgan fingerprint density at radius 1 is 1.44 bits per heavy atom. The fraction of sp³-hybridized carbons (Fsp3) is 0.455. The minimum Gasteiger partial charge on any atom is -0.399 e. The van der Waals surface area contributed by atoms with E-state index >= 15 is 0 Å². The molecule has 0 radical (unpaired) electrons. The average Bonchev–Trinajstić information content (AvgIpc) is 2.26. The monoisotopic (exact) mass is 273 g/mol. The Bertz CT molecular complexity index is 502.